The van der Waals surface area contributed by atoms with E-state index in [0.717, 1.165) is 18.7 Å². The summed E-state index contributed by atoms with van der Waals surface area (Å²) in [6.07, 6.45) is 0.238. The van der Waals surface area contributed by atoms with Crippen LogP contribution in [0.5, 0.6) is 0 Å². The first-order chi connectivity index (χ1) is 12.7. The molecule has 1 heterocycles. The van der Waals surface area contributed by atoms with Gasteiger partial charge in [0, 0.05) is 26.3 Å². The molecular formula is C15H19ClN4O3S4. The van der Waals surface area contributed by atoms with Crippen molar-refractivity contribution in [2.24, 2.45) is 0 Å². The molecular weight excluding hydrogens is 448 g/mol. The first kappa shape index (κ1) is 22.4. The van der Waals surface area contributed by atoms with E-state index in [-0.39, 0.29) is 27.9 Å². The van der Waals surface area contributed by atoms with Gasteiger partial charge in [0.2, 0.25) is 15.9 Å². The molecule has 0 unspecified atom stereocenters. The third-order valence-corrected chi connectivity index (χ3v) is 8.42. The molecule has 0 bridgehead atoms. The average Bonchev–Trinajstić information content (AvgIpc) is 3.04. The molecule has 1 N–H and O–H groups in total. The van der Waals surface area contributed by atoms with Crippen LogP contribution in [0.15, 0.2) is 31.8 Å². The Hall–Kier alpha value is -0.850. The predicted molar refractivity (Wildman–Crippen MR) is 113 cm³/mol. The van der Waals surface area contributed by atoms with Crippen molar-refractivity contribution in [2.75, 3.05) is 30.9 Å². The van der Waals surface area contributed by atoms with Gasteiger partial charge < -0.3 is 5.32 Å². The summed E-state index contributed by atoms with van der Waals surface area (Å²) in [4.78, 5) is 12.2. The molecule has 0 aliphatic carbocycles. The molecule has 0 fully saturated rings. The van der Waals surface area contributed by atoms with Crippen LogP contribution in [0.2, 0.25) is 5.02 Å². The zero-order valence-electron chi connectivity index (χ0n) is 14.9. The van der Waals surface area contributed by atoms with E-state index in [1.54, 1.807) is 11.8 Å². The molecule has 0 aliphatic rings. The summed E-state index contributed by atoms with van der Waals surface area (Å²) in [5, 5.41) is 11.1. The fourth-order valence-electron chi connectivity index (χ4n) is 1.85. The Kier molecular flexibility index (Phi) is 8.38. The number of carbonyl (C=O) groups excluding carboxylic acids is 1. The molecule has 0 saturated carbocycles. The smallest absolute Gasteiger partial charge is 0.242 e. The molecule has 1 aromatic carbocycles. The van der Waals surface area contributed by atoms with E-state index < -0.39 is 10.0 Å². The lowest BCUT2D eigenvalue weighted by atomic mass is 10.3. The summed E-state index contributed by atoms with van der Waals surface area (Å²) in [6, 6.07) is 4.22. The predicted octanol–water partition coefficient (Wildman–Crippen LogP) is 3.67. The van der Waals surface area contributed by atoms with Crippen LogP contribution in [0, 0.1) is 0 Å². The van der Waals surface area contributed by atoms with Crippen LogP contribution in [0.25, 0.3) is 0 Å². The molecule has 0 aliphatic heterocycles. The van der Waals surface area contributed by atoms with Crippen molar-refractivity contribution in [1.82, 2.24) is 14.5 Å². The second-order valence-corrected chi connectivity index (χ2v) is 11.7. The number of nitrogens with one attached hydrogen (secondary N) is 1. The second kappa shape index (κ2) is 10.1. The monoisotopic (exact) mass is 466 g/mol. The van der Waals surface area contributed by atoms with Gasteiger partial charge in [0.25, 0.3) is 0 Å². The number of sulfonamides is 1. The highest BCUT2D eigenvalue weighted by Gasteiger charge is 2.19. The summed E-state index contributed by atoms with van der Waals surface area (Å²) in [5.41, 5.74) is 0.270. The maximum Gasteiger partial charge on any atom is 0.242 e. The van der Waals surface area contributed by atoms with Crippen molar-refractivity contribution in [3.63, 3.8) is 0 Å². The van der Waals surface area contributed by atoms with E-state index in [0.29, 0.717) is 5.75 Å². The molecule has 2 rings (SSSR count). The molecule has 0 spiro atoms. The van der Waals surface area contributed by atoms with Crippen molar-refractivity contribution in [2.45, 2.75) is 26.9 Å². The average molecular weight is 467 g/mol. The minimum atomic E-state index is -3.60. The number of hydrogen-bond acceptors (Lipinski definition) is 8. The fraction of sp³-hybridized carbons (Fsp3) is 0.400. The summed E-state index contributed by atoms with van der Waals surface area (Å²) in [6.45, 7) is 2.05. The Labute approximate surface area is 176 Å². The number of benzene rings is 1. The normalized spacial score (nSPS) is 11.7. The summed E-state index contributed by atoms with van der Waals surface area (Å²) in [5.74, 6) is 1.21. The Morgan fingerprint density at radius 1 is 1.26 bits per heavy atom. The number of carbonyl (C=O) groups is 1. The van der Waals surface area contributed by atoms with Crippen molar-refractivity contribution < 1.29 is 13.2 Å². The largest absolute Gasteiger partial charge is 0.325 e. The lowest BCUT2D eigenvalue weighted by Crippen LogP contribution is -2.22. The van der Waals surface area contributed by atoms with Gasteiger partial charge in [0.1, 0.15) is 0 Å². The van der Waals surface area contributed by atoms with Gasteiger partial charge in [-0.05, 0) is 24.0 Å². The van der Waals surface area contributed by atoms with E-state index in [2.05, 4.69) is 15.5 Å². The number of aromatic nitrogens is 2. The minimum absolute atomic E-state index is 0.0661. The number of hydrogen-bond donors (Lipinski definition) is 1. The highest BCUT2D eigenvalue weighted by Crippen LogP contribution is 2.29. The van der Waals surface area contributed by atoms with Crippen LogP contribution < -0.4 is 5.32 Å². The van der Waals surface area contributed by atoms with Crippen molar-refractivity contribution in [3.05, 3.63) is 23.2 Å². The Morgan fingerprint density at radius 2 is 1.93 bits per heavy atom. The third-order valence-electron chi connectivity index (χ3n) is 3.20. The zero-order valence-corrected chi connectivity index (χ0v) is 19.0. The van der Waals surface area contributed by atoms with E-state index in [1.165, 1.54) is 55.4 Å². The standard InChI is InChI=1S/C15H19ClN4O3S4/c1-4-24-14-18-19-15(26-14)25-8-7-13(21)17-12-9-10(5-6-11(12)16)27(22,23)20(2)3/h5-6,9H,4,7-8H2,1-3H3,(H,17,21). The Morgan fingerprint density at radius 3 is 2.56 bits per heavy atom. The topological polar surface area (TPSA) is 92.3 Å². The molecule has 0 atom stereocenters. The van der Waals surface area contributed by atoms with E-state index in [9.17, 15) is 13.2 Å². The highest BCUT2D eigenvalue weighted by molar-refractivity contribution is 8.03. The van der Waals surface area contributed by atoms with Gasteiger partial charge in [-0.15, -0.1) is 10.2 Å². The Balaban J connectivity index is 1.95. The molecule has 7 nitrogen and oxygen atoms in total. The zero-order chi connectivity index (χ0) is 20.0. The van der Waals surface area contributed by atoms with Crippen molar-refractivity contribution in [1.29, 1.82) is 0 Å². The first-order valence-corrected chi connectivity index (χ1v) is 12.5. The molecule has 0 radical (unpaired) electrons. The number of rotatable bonds is 9. The molecule has 1 aromatic heterocycles. The van der Waals surface area contributed by atoms with Gasteiger partial charge in [-0.1, -0.05) is 53.4 Å². The lowest BCUT2D eigenvalue weighted by Gasteiger charge is -2.13. The van der Waals surface area contributed by atoms with Crippen LogP contribution in [0.3, 0.4) is 0 Å². The van der Waals surface area contributed by atoms with Gasteiger partial charge in [-0.2, -0.15) is 0 Å². The number of amides is 1. The Bertz CT molecular complexity index is 902. The molecule has 1 amide bonds. The quantitative estimate of drug-likeness (QED) is 0.563. The van der Waals surface area contributed by atoms with Crippen molar-refractivity contribution >= 4 is 68.1 Å². The molecule has 2 aromatic rings. The van der Waals surface area contributed by atoms with Crippen LogP contribution in [0.4, 0.5) is 5.69 Å². The minimum Gasteiger partial charge on any atom is -0.325 e. The molecule has 0 saturated heterocycles. The maximum atomic E-state index is 12.2. The molecule has 12 heteroatoms. The van der Waals surface area contributed by atoms with E-state index in [4.69, 9.17) is 11.6 Å². The van der Waals surface area contributed by atoms with Gasteiger partial charge in [-0.25, -0.2) is 12.7 Å². The number of anilines is 1. The summed E-state index contributed by atoms with van der Waals surface area (Å²) in [7, 11) is -0.720. The molecule has 27 heavy (non-hydrogen) atoms. The fourth-order valence-corrected chi connectivity index (χ4v) is 5.87. The third kappa shape index (κ3) is 6.33. The summed E-state index contributed by atoms with van der Waals surface area (Å²) >= 11 is 10.7. The maximum absolute atomic E-state index is 12.2. The number of thioether (sulfide) groups is 2. The number of halogens is 1. The number of nitrogens with zero attached hydrogens (tertiary/aromatic N) is 3. The van der Waals surface area contributed by atoms with Crippen LogP contribution in [0.1, 0.15) is 13.3 Å². The SMILES string of the molecule is CCSc1nnc(SCCC(=O)Nc2cc(S(=O)(=O)N(C)C)ccc2Cl)s1. The van der Waals surface area contributed by atoms with Crippen LogP contribution in [-0.4, -0.2) is 54.4 Å². The van der Waals surface area contributed by atoms with E-state index >= 15 is 0 Å². The molecule has 148 valence electrons. The van der Waals surface area contributed by atoms with Gasteiger partial charge >= 0.3 is 0 Å². The van der Waals surface area contributed by atoms with Gasteiger partial charge in [-0.3, -0.25) is 4.79 Å². The second-order valence-electron chi connectivity index (χ2n) is 5.34. The summed E-state index contributed by atoms with van der Waals surface area (Å²) < 4.78 is 27.3. The highest BCUT2D eigenvalue weighted by atomic mass is 35.5. The lowest BCUT2D eigenvalue weighted by molar-refractivity contribution is -0.115. The van der Waals surface area contributed by atoms with Crippen LogP contribution >= 0.6 is 46.5 Å². The van der Waals surface area contributed by atoms with Crippen molar-refractivity contribution in [3.8, 4) is 0 Å². The first-order valence-electron chi connectivity index (χ1n) is 7.85. The van der Waals surface area contributed by atoms with Gasteiger partial charge in [0.15, 0.2) is 8.68 Å². The van der Waals surface area contributed by atoms with Crippen LogP contribution in [-0.2, 0) is 14.8 Å². The van der Waals surface area contributed by atoms with Gasteiger partial charge in [0.05, 0.1) is 15.6 Å². The van der Waals surface area contributed by atoms with E-state index in [1.807, 2.05) is 6.92 Å².